The van der Waals surface area contributed by atoms with Crippen LogP contribution in [0.1, 0.15) is 73.7 Å². The van der Waals surface area contributed by atoms with Crippen LogP contribution in [0, 0.1) is 23.7 Å². The normalized spacial score (nSPS) is 27.0. The number of sulfone groups is 1. The second kappa shape index (κ2) is 13.5. The van der Waals surface area contributed by atoms with E-state index in [-0.39, 0.29) is 58.1 Å². The third kappa shape index (κ3) is 6.59. The zero-order chi connectivity index (χ0) is 33.6. The number of benzene rings is 2. The molecule has 5 rings (SSSR count). The maximum atomic E-state index is 14.4. The highest BCUT2D eigenvalue weighted by Gasteiger charge is 2.53. The Labute approximate surface area is 275 Å². The number of hydrogen-bond donors (Lipinski definition) is 1. The van der Waals surface area contributed by atoms with E-state index in [1.807, 2.05) is 12.1 Å². The minimum absolute atomic E-state index is 0.0789. The first-order chi connectivity index (χ1) is 21.7. The number of carbonyl (C=O) groups is 3. The summed E-state index contributed by atoms with van der Waals surface area (Å²) in [5, 5.41) is 3.80. The number of carbonyl (C=O) groups excluding carboxylic acids is 3. The van der Waals surface area contributed by atoms with Gasteiger partial charge in [-0.05, 0) is 111 Å². The van der Waals surface area contributed by atoms with Crippen LogP contribution in [-0.2, 0) is 24.1 Å². The van der Waals surface area contributed by atoms with Crippen molar-refractivity contribution in [3.63, 3.8) is 0 Å². The fourth-order valence-electron chi connectivity index (χ4n) is 7.82. The third-order valence-electron chi connectivity index (χ3n) is 10.2. The molecule has 14 heteroatoms. The molecule has 7 atom stereocenters. The number of halogens is 1. The highest BCUT2D eigenvalue weighted by atomic mass is 32.2. The van der Waals surface area contributed by atoms with Crippen molar-refractivity contribution in [1.82, 2.24) is 4.90 Å². The molecule has 3 aliphatic rings. The number of methoxy groups -OCH3 is 1. The molecular weight excluding hydrogens is 648 g/mol. The SMILES string of the molecule is BOC(=O)C1CCC(c2cc(C(=O)N(C)[C@@H]3[C@H]4CC[C@@H](C4)[C@@H]3C(=O)Nc3cccc(S(=O)(=O)C(C)(F)P)c3)c(OC)cc2P)CC1. The zero-order valence-electron chi connectivity index (χ0n) is 26.6. The van der Waals surface area contributed by atoms with Gasteiger partial charge < -0.3 is 19.6 Å². The highest BCUT2D eigenvalue weighted by Crippen LogP contribution is 2.51. The Balaban J connectivity index is 1.38. The fraction of sp³-hybridized carbons (Fsp3) is 0.531. The van der Waals surface area contributed by atoms with Crippen molar-refractivity contribution < 1.29 is 36.6 Å². The molecule has 9 nitrogen and oxygen atoms in total. The summed E-state index contributed by atoms with van der Waals surface area (Å²) < 4.78 is 47.8. The molecule has 2 aromatic carbocycles. The number of anilines is 1. The number of nitrogens with zero attached hydrogens (tertiary/aromatic N) is 1. The molecule has 2 aromatic rings. The minimum atomic E-state index is -4.30. The number of amides is 2. The molecule has 0 aliphatic heterocycles. The first-order valence-electron chi connectivity index (χ1n) is 15.6. The number of fused-ring (bicyclic) bond motifs is 2. The quantitative estimate of drug-likeness (QED) is 0.313. The Morgan fingerprint density at radius 1 is 1.07 bits per heavy atom. The van der Waals surface area contributed by atoms with Crippen molar-refractivity contribution in [3.8, 4) is 5.75 Å². The lowest BCUT2D eigenvalue weighted by molar-refractivity contribution is -0.139. The van der Waals surface area contributed by atoms with Gasteiger partial charge in [0, 0.05) is 18.8 Å². The predicted octanol–water partition coefficient (Wildman–Crippen LogP) is 3.98. The Bertz CT molecular complexity index is 1630. The lowest BCUT2D eigenvalue weighted by Crippen LogP contribution is -2.49. The largest absolute Gasteiger partial charge is 0.543 e. The Morgan fingerprint density at radius 2 is 1.74 bits per heavy atom. The number of rotatable bonds is 9. The molecule has 3 saturated carbocycles. The van der Waals surface area contributed by atoms with Crippen LogP contribution >= 0.6 is 18.5 Å². The zero-order valence-corrected chi connectivity index (χ0v) is 29.7. The van der Waals surface area contributed by atoms with Gasteiger partial charge in [0.25, 0.3) is 11.9 Å². The topological polar surface area (TPSA) is 119 Å². The van der Waals surface area contributed by atoms with E-state index in [0.29, 0.717) is 11.3 Å². The average Bonchev–Trinajstić information content (AvgIpc) is 3.65. The summed E-state index contributed by atoms with van der Waals surface area (Å²) in [6.07, 6.45) is 5.64. The van der Waals surface area contributed by atoms with E-state index in [2.05, 4.69) is 14.6 Å². The molecule has 46 heavy (non-hydrogen) atoms. The average molecular weight is 691 g/mol. The first kappa shape index (κ1) is 34.8. The molecule has 0 heterocycles. The smallest absolute Gasteiger partial charge is 0.325 e. The monoisotopic (exact) mass is 690 g/mol. The van der Waals surface area contributed by atoms with Gasteiger partial charge in [-0.1, -0.05) is 15.3 Å². The van der Waals surface area contributed by atoms with Gasteiger partial charge in [0.05, 0.1) is 29.4 Å². The second-order valence-electron chi connectivity index (χ2n) is 13.0. The molecule has 0 radical (unpaired) electrons. The van der Waals surface area contributed by atoms with E-state index in [1.165, 1.54) is 33.4 Å². The Hall–Kier alpha value is -2.55. The number of nitrogens with one attached hydrogen (secondary N) is 1. The Morgan fingerprint density at radius 3 is 2.37 bits per heavy atom. The first-order valence-corrected chi connectivity index (χ1v) is 18.3. The van der Waals surface area contributed by atoms with Crippen LogP contribution in [0.15, 0.2) is 41.3 Å². The van der Waals surface area contributed by atoms with E-state index in [1.54, 1.807) is 27.3 Å². The van der Waals surface area contributed by atoms with Crippen molar-refractivity contribution in [2.24, 2.45) is 23.7 Å². The van der Waals surface area contributed by atoms with Crippen LogP contribution < -0.4 is 15.4 Å². The van der Waals surface area contributed by atoms with Crippen LogP contribution in [0.5, 0.6) is 5.75 Å². The Kier molecular flexibility index (Phi) is 10.2. The van der Waals surface area contributed by atoms with Gasteiger partial charge in [-0.3, -0.25) is 14.4 Å². The van der Waals surface area contributed by atoms with E-state index in [9.17, 15) is 27.2 Å². The number of ether oxygens (including phenoxy) is 1. The summed E-state index contributed by atoms with van der Waals surface area (Å²) in [6.45, 7) is 0.950. The molecule has 2 amide bonds. The van der Waals surface area contributed by atoms with Crippen LogP contribution in [0.2, 0.25) is 0 Å². The van der Waals surface area contributed by atoms with Gasteiger partial charge in [0.2, 0.25) is 20.5 Å². The van der Waals surface area contributed by atoms with E-state index < -0.39 is 20.5 Å². The summed E-state index contributed by atoms with van der Waals surface area (Å²) >= 11 is 0. The van der Waals surface area contributed by atoms with Crippen molar-refractivity contribution in [3.05, 3.63) is 47.5 Å². The maximum absolute atomic E-state index is 14.4. The lowest BCUT2D eigenvalue weighted by Gasteiger charge is -2.37. The van der Waals surface area contributed by atoms with Crippen LogP contribution in [0.4, 0.5) is 10.1 Å². The molecule has 3 unspecified atom stereocenters. The maximum Gasteiger partial charge on any atom is 0.325 e. The van der Waals surface area contributed by atoms with Gasteiger partial charge in [-0.15, -0.1) is 9.24 Å². The van der Waals surface area contributed by atoms with Crippen molar-refractivity contribution in [2.75, 3.05) is 19.5 Å². The molecule has 3 fully saturated rings. The summed E-state index contributed by atoms with van der Waals surface area (Å²) in [4.78, 5) is 41.6. The summed E-state index contributed by atoms with van der Waals surface area (Å²) in [5.41, 5.74) is 1.70. The van der Waals surface area contributed by atoms with Gasteiger partial charge in [-0.2, -0.15) is 0 Å². The molecule has 2 bridgehead atoms. The number of hydrogen-bond acceptors (Lipinski definition) is 7. The molecular formula is C32H42BFN2O7P2S. The second-order valence-corrected chi connectivity index (χ2v) is 17.4. The standard InChI is InChI=1S/C32H42BFN2O7P2S/c1-32(34,45)46(40,41)22-6-4-5-21(14-22)35-29(37)27-19-11-12-20(13-19)28(27)36(2)30(38)24-15-23(26(44)16-25(24)42-3)17-7-9-18(10-8-17)31(39)43-33/h4-6,14-20,27-28H,7-13,33,44-45H2,1-3H3,(H,35,37)/t17?,18?,19-,20-,27-,28+,32?/m0/s1. The lowest BCUT2D eigenvalue weighted by atomic mass is 9.78. The molecule has 248 valence electrons. The third-order valence-corrected chi connectivity index (χ3v) is 13.6. The molecule has 1 N–H and O–H groups in total. The molecule has 3 aliphatic carbocycles. The number of alkyl halides is 1. The van der Waals surface area contributed by atoms with Crippen LogP contribution in [0.25, 0.3) is 0 Å². The predicted molar refractivity (Wildman–Crippen MR) is 183 cm³/mol. The van der Waals surface area contributed by atoms with Crippen LogP contribution in [-0.4, -0.2) is 64.1 Å². The van der Waals surface area contributed by atoms with E-state index in [4.69, 9.17) is 9.39 Å². The molecule has 0 aromatic heterocycles. The summed E-state index contributed by atoms with van der Waals surface area (Å²) in [5.74, 6) is -0.470. The van der Waals surface area contributed by atoms with Gasteiger partial charge in [-0.25, -0.2) is 12.8 Å². The van der Waals surface area contributed by atoms with Gasteiger partial charge >= 0.3 is 8.05 Å². The molecule has 0 saturated heterocycles. The minimum Gasteiger partial charge on any atom is -0.543 e. The van der Waals surface area contributed by atoms with E-state index >= 15 is 0 Å². The van der Waals surface area contributed by atoms with E-state index in [0.717, 1.165) is 62.7 Å². The van der Waals surface area contributed by atoms with Crippen molar-refractivity contribution in [2.45, 2.75) is 73.5 Å². The van der Waals surface area contributed by atoms with Gasteiger partial charge in [0.1, 0.15) is 5.75 Å². The highest BCUT2D eigenvalue weighted by molar-refractivity contribution is 7.96. The summed E-state index contributed by atoms with van der Waals surface area (Å²) in [6, 6.07) is 9.00. The molecule has 0 spiro atoms. The summed E-state index contributed by atoms with van der Waals surface area (Å²) in [7, 11) is 4.82. The van der Waals surface area contributed by atoms with Crippen molar-refractivity contribution in [1.29, 1.82) is 0 Å². The van der Waals surface area contributed by atoms with Crippen molar-refractivity contribution >= 4 is 65.1 Å². The van der Waals surface area contributed by atoms with Crippen LogP contribution in [0.3, 0.4) is 0 Å². The fourth-order valence-corrected chi connectivity index (χ4v) is 9.70. The van der Waals surface area contributed by atoms with Gasteiger partial charge in [0.15, 0.2) is 0 Å².